The van der Waals surface area contributed by atoms with Crippen LogP contribution >= 0.6 is 0 Å². The molecule has 2 aromatic rings. The van der Waals surface area contributed by atoms with Gasteiger partial charge >= 0.3 is 0 Å². The van der Waals surface area contributed by atoms with E-state index in [0.717, 1.165) is 5.56 Å². The molecule has 0 aliphatic heterocycles. The van der Waals surface area contributed by atoms with E-state index in [1.54, 1.807) is 6.92 Å². The van der Waals surface area contributed by atoms with E-state index >= 15 is 0 Å². The normalized spacial score (nSPS) is 12.5. The lowest BCUT2D eigenvalue weighted by molar-refractivity contribution is 0.199. The van der Waals surface area contributed by atoms with Crippen molar-refractivity contribution >= 4 is 0 Å². The molecule has 0 amide bonds. The van der Waals surface area contributed by atoms with Gasteiger partial charge in [0.2, 0.25) is 0 Å². The van der Waals surface area contributed by atoms with Crippen molar-refractivity contribution in [2.45, 2.75) is 26.9 Å². The topological polar surface area (TPSA) is 20.2 Å². The molecule has 1 heteroatoms. The van der Waals surface area contributed by atoms with Crippen molar-refractivity contribution in [2.75, 3.05) is 0 Å². The second kappa shape index (κ2) is 4.72. The van der Waals surface area contributed by atoms with Gasteiger partial charge in [0.25, 0.3) is 0 Å². The van der Waals surface area contributed by atoms with Crippen molar-refractivity contribution in [3.63, 3.8) is 0 Å². The van der Waals surface area contributed by atoms with Crippen LogP contribution in [0.25, 0.3) is 11.1 Å². The fraction of sp³-hybridized carbons (Fsp3) is 0.250. The van der Waals surface area contributed by atoms with E-state index in [-0.39, 0.29) is 0 Å². The van der Waals surface area contributed by atoms with E-state index in [2.05, 4.69) is 44.2 Å². The average Bonchev–Trinajstić information content (AvgIpc) is 2.29. The molecule has 0 spiro atoms. The Bertz CT molecular complexity index is 507. The summed E-state index contributed by atoms with van der Waals surface area (Å²) in [7, 11) is 0. The van der Waals surface area contributed by atoms with Gasteiger partial charge < -0.3 is 5.11 Å². The molecule has 88 valence electrons. The van der Waals surface area contributed by atoms with Crippen molar-refractivity contribution in [3.05, 3.63) is 59.2 Å². The molecule has 0 aliphatic rings. The number of benzene rings is 2. The summed E-state index contributed by atoms with van der Waals surface area (Å²) in [4.78, 5) is 0. The lowest BCUT2D eigenvalue weighted by Crippen LogP contribution is -1.93. The van der Waals surface area contributed by atoms with Gasteiger partial charge in [-0.25, -0.2) is 0 Å². The summed E-state index contributed by atoms with van der Waals surface area (Å²) in [5, 5.41) is 9.63. The van der Waals surface area contributed by atoms with Crippen molar-refractivity contribution in [1.82, 2.24) is 0 Å². The summed E-state index contributed by atoms with van der Waals surface area (Å²) < 4.78 is 0. The molecule has 0 bridgehead atoms. The Morgan fingerprint density at radius 3 is 2.12 bits per heavy atom. The molecule has 0 aliphatic carbocycles. The van der Waals surface area contributed by atoms with Gasteiger partial charge in [-0.3, -0.25) is 0 Å². The largest absolute Gasteiger partial charge is 0.389 e. The van der Waals surface area contributed by atoms with E-state index in [0.29, 0.717) is 0 Å². The van der Waals surface area contributed by atoms with Crippen LogP contribution in [0.1, 0.15) is 29.7 Å². The highest BCUT2D eigenvalue weighted by molar-refractivity contribution is 5.71. The Morgan fingerprint density at radius 2 is 1.53 bits per heavy atom. The Kier molecular flexibility index (Phi) is 3.30. The molecule has 0 unspecified atom stereocenters. The van der Waals surface area contributed by atoms with Crippen LogP contribution in [0.15, 0.2) is 42.5 Å². The van der Waals surface area contributed by atoms with Gasteiger partial charge in [-0.05, 0) is 54.7 Å². The lowest BCUT2D eigenvalue weighted by Gasteiger charge is -2.12. The van der Waals surface area contributed by atoms with E-state index < -0.39 is 6.10 Å². The van der Waals surface area contributed by atoms with Crippen molar-refractivity contribution in [2.24, 2.45) is 0 Å². The van der Waals surface area contributed by atoms with Crippen LogP contribution in [-0.2, 0) is 0 Å². The number of hydrogen-bond donors (Lipinski definition) is 1. The summed E-state index contributed by atoms with van der Waals surface area (Å²) in [5.41, 5.74) is 5.96. The predicted octanol–water partition coefficient (Wildman–Crippen LogP) is 4.02. The summed E-state index contributed by atoms with van der Waals surface area (Å²) >= 11 is 0. The van der Waals surface area contributed by atoms with E-state index in [4.69, 9.17) is 0 Å². The molecule has 0 aromatic heterocycles. The first-order valence-electron chi connectivity index (χ1n) is 5.94. The van der Waals surface area contributed by atoms with Crippen molar-refractivity contribution in [3.8, 4) is 11.1 Å². The number of aliphatic hydroxyl groups is 1. The molecule has 0 heterocycles. The van der Waals surface area contributed by atoms with Gasteiger partial charge in [-0.1, -0.05) is 36.4 Å². The molecule has 0 radical (unpaired) electrons. The smallest absolute Gasteiger partial charge is 0.0762 e. The number of aliphatic hydroxyl groups excluding tert-OH is 1. The Hall–Kier alpha value is -1.60. The molecule has 2 aromatic carbocycles. The van der Waals surface area contributed by atoms with Gasteiger partial charge in [-0.2, -0.15) is 0 Å². The molecule has 1 atom stereocenters. The van der Waals surface area contributed by atoms with Crippen LogP contribution in [0.3, 0.4) is 0 Å². The minimum atomic E-state index is -0.417. The van der Waals surface area contributed by atoms with Crippen LogP contribution in [-0.4, -0.2) is 5.11 Å². The second-order valence-corrected chi connectivity index (χ2v) is 4.57. The molecule has 1 N–H and O–H groups in total. The van der Waals surface area contributed by atoms with Crippen LogP contribution in [0.2, 0.25) is 0 Å². The van der Waals surface area contributed by atoms with Gasteiger partial charge in [0, 0.05) is 0 Å². The number of rotatable bonds is 2. The van der Waals surface area contributed by atoms with Gasteiger partial charge in [-0.15, -0.1) is 0 Å². The fourth-order valence-electron chi connectivity index (χ4n) is 2.22. The summed E-state index contributed by atoms with van der Waals surface area (Å²) in [6.45, 7) is 6.04. The minimum Gasteiger partial charge on any atom is -0.389 e. The third kappa shape index (κ3) is 2.40. The summed E-state index contributed by atoms with van der Waals surface area (Å²) in [6.07, 6.45) is -0.417. The Balaban J connectivity index is 2.57. The van der Waals surface area contributed by atoms with Crippen molar-refractivity contribution < 1.29 is 5.11 Å². The predicted molar refractivity (Wildman–Crippen MR) is 72.0 cm³/mol. The van der Waals surface area contributed by atoms with E-state index in [1.807, 2.05) is 12.1 Å². The molecular formula is C16H18O. The number of aryl methyl sites for hydroxylation is 2. The maximum atomic E-state index is 9.63. The molecule has 17 heavy (non-hydrogen) atoms. The first-order chi connectivity index (χ1) is 8.09. The first-order valence-corrected chi connectivity index (χ1v) is 5.94. The third-order valence-corrected chi connectivity index (χ3v) is 3.14. The summed E-state index contributed by atoms with van der Waals surface area (Å²) in [5.74, 6) is 0. The zero-order chi connectivity index (χ0) is 12.4. The minimum absolute atomic E-state index is 0.417. The van der Waals surface area contributed by atoms with Gasteiger partial charge in [0.15, 0.2) is 0 Å². The maximum Gasteiger partial charge on any atom is 0.0762 e. The zero-order valence-electron chi connectivity index (χ0n) is 10.6. The molecule has 2 rings (SSSR count). The molecule has 1 nitrogen and oxygen atoms in total. The Labute approximate surface area is 103 Å². The average molecular weight is 226 g/mol. The molecule has 0 saturated heterocycles. The lowest BCUT2D eigenvalue weighted by atomic mass is 9.94. The maximum absolute atomic E-state index is 9.63. The summed E-state index contributed by atoms with van der Waals surface area (Å²) in [6, 6.07) is 14.5. The van der Waals surface area contributed by atoms with E-state index in [9.17, 15) is 5.11 Å². The third-order valence-electron chi connectivity index (χ3n) is 3.14. The molecule has 0 fully saturated rings. The number of hydrogen-bond acceptors (Lipinski definition) is 1. The quantitative estimate of drug-likeness (QED) is 0.820. The van der Waals surface area contributed by atoms with Crippen LogP contribution in [0.5, 0.6) is 0 Å². The molecular weight excluding hydrogens is 208 g/mol. The van der Waals surface area contributed by atoms with Gasteiger partial charge in [0.1, 0.15) is 0 Å². The van der Waals surface area contributed by atoms with Crippen LogP contribution in [0.4, 0.5) is 0 Å². The Morgan fingerprint density at radius 1 is 0.941 bits per heavy atom. The monoisotopic (exact) mass is 226 g/mol. The standard InChI is InChI=1S/C16H18O/c1-11-6-4-7-12(2)16(11)15-9-5-8-14(10-15)13(3)17/h4-10,13,17H,1-3H3/t13-/m0/s1. The first kappa shape index (κ1) is 11.9. The van der Waals surface area contributed by atoms with Crippen LogP contribution < -0.4 is 0 Å². The fourth-order valence-corrected chi connectivity index (χ4v) is 2.22. The molecule has 0 saturated carbocycles. The highest BCUT2D eigenvalue weighted by Crippen LogP contribution is 2.28. The van der Waals surface area contributed by atoms with Gasteiger partial charge in [0.05, 0.1) is 6.10 Å². The van der Waals surface area contributed by atoms with Crippen LogP contribution in [0, 0.1) is 13.8 Å². The SMILES string of the molecule is Cc1cccc(C)c1-c1cccc([C@H](C)O)c1. The highest BCUT2D eigenvalue weighted by atomic mass is 16.3. The van der Waals surface area contributed by atoms with E-state index in [1.165, 1.54) is 22.3 Å². The second-order valence-electron chi connectivity index (χ2n) is 4.57. The zero-order valence-corrected chi connectivity index (χ0v) is 10.6. The highest BCUT2D eigenvalue weighted by Gasteiger charge is 2.07. The van der Waals surface area contributed by atoms with Crippen molar-refractivity contribution in [1.29, 1.82) is 0 Å².